The number of carboxylic acid groups (broad SMARTS) is 1. The zero-order valence-corrected chi connectivity index (χ0v) is 10.6. The van der Waals surface area contributed by atoms with Crippen LogP contribution in [0.25, 0.3) is 0 Å². The van der Waals surface area contributed by atoms with Crippen molar-refractivity contribution in [3.8, 4) is 0 Å². The lowest BCUT2D eigenvalue weighted by atomic mass is 10.1. The molecule has 0 saturated heterocycles. The topological polar surface area (TPSA) is 98.7 Å². The SMILES string of the molecule is CNC(=O)N(C)C(=O)Nc1ccc(CC(=O)O)cc1. The summed E-state index contributed by atoms with van der Waals surface area (Å²) in [6.45, 7) is 0. The summed E-state index contributed by atoms with van der Waals surface area (Å²) >= 11 is 0. The molecular weight excluding hydrogens is 250 g/mol. The summed E-state index contributed by atoms with van der Waals surface area (Å²) in [6.07, 6.45) is -0.0770. The number of aliphatic carboxylic acids is 1. The summed E-state index contributed by atoms with van der Waals surface area (Å²) in [5.74, 6) is -0.920. The van der Waals surface area contributed by atoms with Crippen molar-refractivity contribution in [1.82, 2.24) is 10.2 Å². The van der Waals surface area contributed by atoms with Gasteiger partial charge in [0.2, 0.25) is 0 Å². The van der Waals surface area contributed by atoms with Crippen LogP contribution in [0.4, 0.5) is 15.3 Å². The van der Waals surface area contributed by atoms with Gasteiger partial charge in [-0.2, -0.15) is 0 Å². The van der Waals surface area contributed by atoms with Crippen molar-refractivity contribution in [2.24, 2.45) is 0 Å². The zero-order chi connectivity index (χ0) is 14.4. The Morgan fingerprint density at radius 2 is 1.74 bits per heavy atom. The Hall–Kier alpha value is -2.57. The number of nitrogens with one attached hydrogen (secondary N) is 2. The molecule has 0 fully saturated rings. The second-order valence-corrected chi connectivity index (χ2v) is 3.81. The highest BCUT2D eigenvalue weighted by atomic mass is 16.4. The summed E-state index contributed by atoms with van der Waals surface area (Å²) in [6, 6.07) is 5.25. The number of imide groups is 1. The van der Waals surface area contributed by atoms with Crippen LogP contribution in [-0.2, 0) is 11.2 Å². The van der Waals surface area contributed by atoms with Crippen LogP contribution in [0.15, 0.2) is 24.3 Å². The summed E-state index contributed by atoms with van der Waals surface area (Å²) in [5, 5.41) is 13.5. The molecule has 102 valence electrons. The molecule has 0 bridgehead atoms. The van der Waals surface area contributed by atoms with E-state index in [1.807, 2.05) is 0 Å². The third kappa shape index (κ3) is 4.30. The second-order valence-electron chi connectivity index (χ2n) is 3.81. The summed E-state index contributed by atoms with van der Waals surface area (Å²) in [7, 11) is 2.76. The lowest BCUT2D eigenvalue weighted by Crippen LogP contribution is -2.41. The normalized spacial score (nSPS) is 9.58. The fourth-order valence-electron chi connectivity index (χ4n) is 1.35. The number of rotatable bonds is 3. The molecule has 0 unspecified atom stereocenters. The van der Waals surface area contributed by atoms with Gasteiger partial charge in [-0.25, -0.2) is 14.5 Å². The average molecular weight is 265 g/mol. The molecule has 0 aliphatic rings. The molecule has 4 amide bonds. The quantitative estimate of drug-likeness (QED) is 0.762. The van der Waals surface area contributed by atoms with Gasteiger partial charge in [0.15, 0.2) is 0 Å². The maximum atomic E-state index is 11.6. The van der Waals surface area contributed by atoms with E-state index >= 15 is 0 Å². The van der Waals surface area contributed by atoms with E-state index in [0.717, 1.165) is 4.90 Å². The van der Waals surface area contributed by atoms with Crippen LogP contribution in [0, 0.1) is 0 Å². The molecule has 0 aliphatic heterocycles. The first-order valence-corrected chi connectivity index (χ1v) is 5.51. The minimum atomic E-state index is -0.920. The molecular formula is C12H15N3O4. The van der Waals surface area contributed by atoms with Crippen LogP contribution >= 0.6 is 0 Å². The first-order chi connectivity index (χ1) is 8.93. The van der Waals surface area contributed by atoms with Gasteiger partial charge >= 0.3 is 18.0 Å². The number of urea groups is 2. The molecule has 1 aromatic rings. The minimum absolute atomic E-state index is 0.0770. The third-order valence-corrected chi connectivity index (χ3v) is 2.38. The Labute approximate surface area is 110 Å². The maximum Gasteiger partial charge on any atom is 0.329 e. The molecule has 0 heterocycles. The molecule has 3 N–H and O–H groups in total. The van der Waals surface area contributed by atoms with E-state index in [1.54, 1.807) is 24.3 Å². The van der Waals surface area contributed by atoms with Crippen LogP contribution in [0.5, 0.6) is 0 Å². The number of nitrogens with zero attached hydrogens (tertiary/aromatic N) is 1. The van der Waals surface area contributed by atoms with E-state index in [4.69, 9.17) is 5.11 Å². The number of hydrogen-bond acceptors (Lipinski definition) is 3. The Balaban J connectivity index is 2.65. The summed E-state index contributed by atoms with van der Waals surface area (Å²) in [5.41, 5.74) is 1.11. The van der Waals surface area contributed by atoms with Crippen molar-refractivity contribution >= 4 is 23.7 Å². The van der Waals surface area contributed by atoms with Gasteiger partial charge in [0.05, 0.1) is 6.42 Å². The molecule has 7 nitrogen and oxygen atoms in total. The van der Waals surface area contributed by atoms with Gasteiger partial charge in [0, 0.05) is 19.8 Å². The van der Waals surface area contributed by atoms with Gasteiger partial charge in [-0.3, -0.25) is 4.79 Å². The summed E-state index contributed by atoms with van der Waals surface area (Å²) < 4.78 is 0. The predicted molar refractivity (Wildman–Crippen MR) is 69.0 cm³/mol. The van der Waals surface area contributed by atoms with Crippen molar-refractivity contribution in [3.63, 3.8) is 0 Å². The van der Waals surface area contributed by atoms with Crippen LogP contribution in [-0.4, -0.2) is 42.1 Å². The number of anilines is 1. The Morgan fingerprint density at radius 3 is 2.21 bits per heavy atom. The van der Waals surface area contributed by atoms with Crippen molar-refractivity contribution < 1.29 is 19.5 Å². The van der Waals surface area contributed by atoms with E-state index in [-0.39, 0.29) is 6.42 Å². The van der Waals surface area contributed by atoms with E-state index in [9.17, 15) is 14.4 Å². The van der Waals surface area contributed by atoms with Crippen molar-refractivity contribution in [2.45, 2.75) is 6.42 Å². The van der Waals surface area contributed by atoms with Crippen LogP contribution in [0.1, 0.15) is 5.56 Å². The molecule has 7 heteroatoms. The van der Waals surface area contributed by atoms with Crippen molar-refractivity contribution in [2.75, 3.05) is 19.4 Å². The van der Waals surface area contributed by atoms with E-state index in [0.29, 0.717) is 11.3 Å². The molecule has 0 radical (unpaired) electrons. The summed E-state index contributed by atoms with van der Waals surface area (Å²) in [4.78, 5) is 34.2. The fraction of sp³-hybridized carbons (Fsp3) is 0.250. The Kier molecular flexibility index (Phi) is 4.87. The van der Waals surface area contributed by atoms with Crippen LogP contribution < -0.4 is 10.6 Å². The number of hydrogen-bond donors (Lipinski definition) is 3. The van der Waals surface area contributed by atoms with Gasteiger partial charge in [0.1, 0.15) is 0 Å². The van der Waals surface area contributed by atoms with Gasteiger partial charge in [-0.1, -0.05) is 12.1 Å². The van der Waals surface area contributed by atoms with Gasteiger partial charge in [0.25, 0.3) is 0 Å². The molecule has 0 saturated carbocycles. The van der Waals surface area contributed by atoms with Crippen molar-refractivity contribution in [3.05, 3.63) is 29.8 Å². The number of carbonyl (C=O) groups excluding carboxylic acids is 2. The van der Waals surface area contributed by atoms with Gasteiger partial charge in [-0.05, 0) is 17.7 Å². The molecule has 1 rings (SSSR count). The first kappa shape index (κ1) is 14.5. The molecule has 19 heavy (non-hydrogen) atoms. The fourth-order valence-corrected chi connectivity index (χ4v) is 1.35. The highest BCUT2D eigenvalue weighted by Crippen LogP contribution is 2.10. The third-order valence-electron chi connectivity index (χ3n) is 2.38. The lowest BCUT2D eigenvalue weighted by molar-refractivity contribution is -0.136. The van der Waals surface area contributed by atoms with E-state index in [2.05, 4.69) is 10.6 Å². The number of carboxylic acids is 1. The Morgan fingerprint density at radius 1 is 1.16 bits per heavy atom. The van der Waals surface area contributed by atoms with Crippen LogP contribution in [0.3, 0.4) is 0 Å². The molecule has 0 atom stereocenters. The predicted octanol–water partition coefficient (Wildman–Crippen LogP) is 1.12. The first-order valence-electron chi connectivity index (χ1n) is 5.51. The number of benzene rings is 1. The second kappa shape index (κ2) is 6.39. The smallest absolute Gasteiger partial charge is 0.329 e. The number of carbonyl (C=O) groups is 3. The van der Waals surface area contributed by atoms with Crippen molar-refractivity contribution in [1.29, 1.82) is 0 Å². The molecule has 1 aromatic carbocycles. The molecule has 0 aliphatic carbocycles. The zero-order valence-electron chi connectivity index (χ0n) is 10.6. The number of amides is 4. The van der Waals surface area contributed by atoms with Gasteiger partial charge < -0.3 is 15.7 Å². The van der Waals surface area contributed by atoms with Gasteiger partial charge in [-0.15, -0.1) is 0 Å². The minimum Gasteiger partial charge on any atom is -0.481 e. The maximum absolute atomic E-state index is 11.6. The molecule has 0 spiro atoms. The lowest BCUT2D eigenvalue weighted by Gasteiger charge is -2.15. The van der Waals surface area contributed by atoms with Crippen LogP contribution in [0.2, 0.25) is 0 Å². The standard InChI is InChI=1S/C12H15N3O4/c1-13-11(18)15(2)12(19)14-9-5-3-8(4-6-9)7-10(16)17/h3-6H,7H2,1-2H3,(H,13,18)(H,14,19)(H,16,17). The largest absolute Gasteiger partial charge is 0.481 e. The average Bonchev–Trinajstić information content (AvgIpc) is 2.38. The highest BCUT2D eigenvalue weighted by molar-refractivity contribution is 6.00. The van der Waals surface area contributed by atoms with E-state index in [1.165, 1.54) is 14.1 Å². The Bertz CT molecular complexity index is 484. The highest BCUT2D eigenvalue weighted by Gasteiger charge is 2.14. The van der Waals surface area contributed by atoms with E-state index < -0.39 is 18.0 Å². The monoisotopic (exact) mass is 265 g/mol. The molecule has 0 aromatic heterocycles.